The molecule has 0 radical (unpaired) electrons. The van der Waals surface area contributed by atoms with E-state index in [1.54, 1.807) is 24.3 Å². The van der Waals surface area contributed by atoms with Crippen molar-refractivity contribution in [1.82, 2.24) is 9.88 Å². The van der Waals surface area contributed by atoms with Crippen molar-refractivity contribution in [3.63, 3.8) is 0 Å². The Morgan fingerprint density at radius 1 is 1.21 bits per heavy atom. The fourth-order valence-corrected chi connectivity index (χ4v) is 4.19. The summed E-state index contributed by atoms with van der Waals surface area (Å²) >= 11 is 17.6. The van der Waals surface area contributed by atoms with Gasteiger partial charge in [0.05, 0.1) is 15.7 Å². The van der Waals surface area contributed by atoms with Gasteiger partial charge in [0.1, 0.15) is 5.57 Å². The number of aryl methyl sites for hydroxylation is 1. The van der Waals surface area contributed by atoms with E-state index in [-0.39, 0.29) is 15.7 Å². The Bertz CT molecular complexity index is 1070. The van der Waals surface area contributed by atoms with Crippen LogP contribution in [0.5, 0.6) is 0 Å². The molecule has 0 unspecified atom stereocenters. The van der Waals surface area contributed by atoms with Crippen LogP contribution in [0.15, 0.2) is 29.8 Å². The Hall–Kier alpha value is -2.15. The van der Waals surface area contributed by atoms with E-state index in [1.807, 2.05) is 19.9 Å². The van der Waals surface area contributed by atoms with Gasteiger partial charge in [-0.2, -0.15) is 0 Å². The van der Waals surface area contributed by atoms with Crippen LogP contribution >= 0.6 is 35.4 Å². The van der Waals surface area contributed by atoms with Crippen LogP contribution in [0.3, 0.4) is 0 Å². The molecule has 1 N–H and O–H groups in total. The molecule has 2 aliphatic rings. The van der Waals surface area contributed by atoms with Crippen LogP contribution < -0.4 is 10.2 Å². The van der Waals surface area contributed by atoms with Crippen molar-refractivity contribution in [2.75, 3.05) is 4.90 Å². The molecule has 2 amide bonds. The van der Waals surface area contributed by atoms with Crippen molar-refractivity contribution in [1.29, 1.82) is 0 Å². The van der Waals surface area contributed by atoms with Gasteiger partial charge in [0, 0.05) is 17.4 Å². The van der Waals surface area contributed by atoms with Crippen LogP contribution in [0, 0.1) is 13.8 Å². The average Bonchev–Trinajstić information content (AvgIpc) is 3.41. The van der Waals surface area contributed by atoms with Gasteiger partial charge >= 0.3 is 0 Å². The molecule has 0 bridgehead atoms. The van der Waals surface area contributed by atoms with E-state index in [4.69, 9.17) is 35.4 Å². The van der Waals surface area contributed by atoms with Crippen LogP contribution in [-0.2, 0) is 9.59 Å². The molecule has 1 saturated carbocycles. The molecule has 2 fully saturated rings. The molecule has 5 nitrogen and oxygen atoms in total. The number of hydrogen-bond donors (Lipinski definition) is 1. The third-order valence-corrected chi connectivity index (χ3v) is 6.10. The first-order chi connectivity index (χ1) is 13.3. The number of nitrogens with one attached hydrogen (secondary N) is 1. The maximum atomic E-state index is 13.2. The van der Waals surface area contributed by atoms with E-state index < -0.39 is 11.8 Å². The monoisotopic (exact) mass is 433 g/mol. The molecule has 8 heteroatoms. The second kappa shape index (κ2) is 7.03. The summed E-state index contributed by atoms with van der Waals surface area (Å²) in [7, 11) is 0. The lowest BCUT2D eigenvalue weighted by Gasteiger charge is -2.29. The Morgan fingerprint density at radius 3 is 2.61 bits per heavy atom. The van der Waals surface area contributed by atoms with Gasteiger partial charge in [-0.25, -0.2) is 0 Å². The van der Waals surface area contributed by atoms with Gasteiger partial charge in [-0.05, 0) is 68.7 Å². The molecule has 1 aliphatic heterocycles. The summed E-state index contributed by atoms with van der Waals surface area (Å²) in [6, 6.07) is 7.42. The van der Waals surface area contributed by atoms with Gasteiger partial charge in [-0.3, -0.25) is 19.8 Å². The highest BCUT2D eigenvalue weighted by molar-refractivity contribution is 7.80. The number of anilines is 1. The summed E-state index contributed by atoms with van der Waals surface area (Å²) in [6.45, 7) is 4.03. The van der Waals surface area contributed by atoms with E-state index in [9.17, 15) is 9.59 Å². The highest BCUT2D eigenvalue weighted by Crippen LogP contribution is 2.39. The number of nitrogens with zero attached hydrogens (tertiary/aromatic N) is 2. The van der Waals surface area contributed by atoms with Gasteiger partial charge in [0.15, 0.2) is 5.11 Å². The fourth-order valence-electron chi connectivity index (χ4n) is 3.54. The first-order valence-electron chi connectivity index (χ1n) is 8.83. The summed E-state index contributed by atoms with van der Waals surface area (Å²) in [5.41, 5.74) is 3.32. The number of halogens is 2. The minimum Gasteiger partial charge on any atom is -0.346 e. The lowest BCUT2D eigenvalue weighted by Crippen LogP contribution is -2.54. The first-order valence-corrected chi connectivity index (χ1v) is 10.00. The molecular formula is C20H17Cl2N3O2S. The predicted octanol–water partition coefficient (Wildman–Crippen LogP) is 4.58. The zero-order valence-electron chi connectivity index (χ0n) is 15.3. The summed E-state index contributed by atoms with van der Waals surface area (Å²) < 4.78 is 2.26. The second-order valence-corrected chi connectivity index (χ2v) is 8.13. The Labute approximate surface area is 177 Å². The van der Waals surface area contributed by atoms with Crippen molar-refractivity contribution in [3.8, 4) is 0 Å². The van der Waals surface area contributed by atoms with Crippen LogP contribution in [0.1, 0.15) is 35.8 Å². The summed E-state index contributed by atoms with van der Waals surface area (Å²) in [5.74, 6) is -1.06. The molecule has 0 spiro atoms. The molecule has 1 aliphatic carbocycles. The van der Waals surface area contributed by atoms with Crippen molar-refractivity contribution in [3.05, 3.63) is 56.8 Å². The van der Waals surface area contributed by atoms with Crippen LogP contribution in [0.2, 0.25) is 10.0 Å². The first kappa shape index (κ1) is 19.2. The number of amides is 2. The van der Waals surface area contributed by atoms with Crippen molar-refractivity contribution >= 4 is 64.1 Å². The van der Waals surface area contributed by atoms with Crippen LogP contribution in [0.25, 0.3) is 6.08 Å². The van der Waals surface area contributed by atoms with Gasteiger partial charge in [0.2, 0.25) is 0 Å². The van der Waals surface area contributed by atoms with E-state index in [1.165, 1.54) is 4.90 Å². The number of aromatic nitrogens is 1. The molecule has 144 valence electrons. The summed E-state index contributed by atoms with van der Waals surface area (Å²) in [5, 5.41) is 3.04. The van der Waals surface area contributed by atoms with Gasteiger partial charge in [-0.1, -0.05) is 29.3 Å². The third-order valence-electron chi connectivity index (χ3n) is 5.01. The molecule has 1 aromatic heterocycles. The van der Waals surface area contributed by atoms with Crippen molar-refractivity contribution in [2.24, 2.45) is 0 Å². The van der Waals surface area contributed by atoms with E-state index in [0.29, 0.717) is 16.8 Å². The zero-order valence-corrected chi connectivity index (χ0v) is 17.6. The number of carbonyl (C=O) groups excluding carboxylic acids is 2. The standard InChI is InChI=1S/C20H17Cl2N3O2S/c1-10-8-12(11(2)24(10)13-6-7-13)9-14-18(26)23-20(28)25(19(14)27)16-5-3-4-15(21)17(16)22/h3-5,8-9,13H,6-7H2,1-2H3,(H,23,26,28). The number of carbonyl (C=O) groups is 2. The molecule has 2 aromatic rings. The smallest absolute Gasteiger partial charge is 0.270 e. The number of rotatable bonds is 3. The van der Waals surface area contributed by atoms with Crippen molar-refractivity contribution < 1.29 is 9.59 Å². The molecule has 28 heavy (non-hydrogen) atoms. The highest BCUT2D eigenvalue weighted by Gasteiger charge is 2.36. The molecule has 1 saturated heterocycles. The largest absolute Gasteiger partial charge is 0.346 e. The van der Waals surface area contributed by atoms with E-state index in [0.717, 1.165) is 29.8 Å². The number of hydrogen-bond acceptors (Lipinski definition) is 3. The van der Waals surface area contributed by atoms with Gasteiger partial charge in [0.25, 0.3) is 11.8 Å². The normalized spacial score (nSPS) is 18.8. The van der Waals surface area contributed by atoms with Gasteiger partial charge in [-0.15, -0.1) is 0 Å². The lowest BCUT2D eigenvalue weighted by atomic mass is 10.1. The fraction of sp³-hybridized carbons (Fsp3) is 0.250. The molecular weight excluding hydrogens is 417 g/mol. The van der Waals surface area contributed by atoms with Crippen molar-refractivity contribution in [2.45, 2.75) is 32.7 Å². The lowest BCUT2D eigenvalue weighted by molar-refractivity contribution is -0.122. The molecule has 4 rings (SSSR count). The zero-order chi connectivity index (χ0) is 20.2. The Balaban J connectivity index is 1.77. The van der Waals surface area contributed by atoms with E-state index in [2.05, 4.69) is 9.88 Å². The maximum absolute atomic E-state index is 13.2. The summed E-state index contributed by atoms with van der Waals surface area (Å²) in [4.78, 5) is 26.9. The Kier molecular flexibility index (Phi) is 4.81. The Morgan fingerprint density at radius 2 is 1.93 bits per heavy atom. The SMILES string of the molecule is Cc1cc(C=C2C(=O)NC(=S)N(c3cccc(Cl)c3Cl)C2=O)c(C)n1C1CC1. The second-order valence-electron chi connectivity index (χ2n) is 6.96. The number of thiocarbonyl (C=S) groups is 1. The number of benzene rings is 1. The maximum Gasteiger partial charge on any atom is 0.270 e. The predicted molar refractivity (Wildman–Crippen MR) is 115 cm³/mol. The summed E-state index contributed by atoms with van der Waals surface area (Å²) in [6.07, 6.45) is 3.92. The van der Waals surface area contributed by atoms with Crippen LogP contribution in [-0.4, -0.2) is 21.5 Å². The molecule has 2 heterocycles. The molecule has 0 atom stereocenters. The minimum atomic E-state index is -0.533. The van der Waals surface area contributed by atoms with Crippen LogP contribution in [0.4, 0.5) is 5.69 Å². The van der Waals surface area contributed by atoms with Gasteiger partial charge < -0.3 is 4.57 Å². The van der Waals surface area contributed by atoms with E-state index >= 15 is 0 Å². The minimum absolute atomic E-state index is 0.000638. The highest BCUT2D eigenvalue weighted by atomic mass is 35.5. The molecule has 1 aromatic carbocycles. The third kappa shape index (κ3) is 3.15. The average molecular weight is 434 g/mol. The quantitative estimate of drug-likeness (QED) is 0.437. The topological polar surface area (TPSA) is 54.3 Å².